The van der Waals surface area contributed by atoms with Gasteiger partial charge >= 0.3 is 6.03 Å². The summed E-state index contributed by atoms with van der Waals surface area (Å²) in [4.78, 5) is 45.2. The Kier molecular flexibility index (Phi) is 9.40. The van der Waals surface area contributed by atoms with E-state index < -0.39 is 12.2 Å². The molecule has 0 aliphatic carbocycles. The van der Waals surface area contributed by atoms with Crippen LogP contribution in [0.15, 0.2) is 104 Å². The van der Waals surface area contributed by atoms with E-state index in [-0.39, 0.29) is 37.5 Å². The molecular formula is C37H39N5O5. The average molecular weight is 634 g/mol. The lowest BCUT2D eigenvalue weighted by atomic mass is 9.99. The Morgan fingerprint density at radius 2 is 1.57 bits per heavy atom. The Hall–Kier alpha value is -5.35. The van der Waals surface area contributed by atoms with E-state index in [4.69, 9.17) is 9.47 Å². The number of amides is 4. The number of fused-ring (bicyclic) bond motifs is 2. The summed E-state index contributed by atoms with van der Waals surface area (Å²) < 4.78 is 10.6. The molecule has 0 aromatic heterocycles. The van der Waals surface area contributed by atoms with Gasteiger partial charge in [0.05, 0.1) is 33.9 Å². The molecule has 0 unspecified atom stereocenters. The number of ether oxygens (including phenoxy) is 2. The van der Waals surface area contributed by atoms with Crippen LogP contribution in [0, 0.1) is 0 Å². The molecule has 2 fully saturated rings. The molecule has 2 atom stereocenters. The van der Waals surface area contributed by atoms with Crippen LogP contribution in [0.2, 0.25) is 0 Å². The highest BCUT2D eigenvalue weighted by molar-refractivity contribution is 5.92. The molecule has 10 heteroatoms. The van der Waals surface area contributed by atoms with Crippen molar-refractivity contribution in [2.24, 2.45) is 0 Å². The molecule has 6 rings (SSSR count). The molecule has 1 N–H and O–H groups in total. The van der Waals surface area contributed by atoms with Crippen molar-refractivity contribution in [3.05, 3.63) is 120 Å². The predicted octanol–water partition coefficient (Wildman–Crippen LogP) is 4.59. The zero-order chi connectivity index (χ0) is 32.9. The number of carbonyl (C=O) groups excluding carboxylic acids is 3. The van der Waals surface area contributed by atoms with Gasteiger partial charge < -0.3 is 24.6 Å². The number of benzene rings is 4. The molecule has 0 bridgehead atoms. The molecule has 2 heterocycles. The first-order chi connectivity index (χ1) is 22.9. The third-order valence-electron chi connectivity index (χ3n) is 8.85. The number of urea groups is 1. The summed E-state index contributed by atoms with van der Waals surface area (Å²) in [5, 5.41) is 8.45. The zero-order valence-corrected chi connectivity index (χ0v) is 26.7. The average Bonchev–Trinajstić information content (AvgIpc) is 3.43. The molecule has 10 nitrogen and oxygen atoms in total. The lowest BCUT2D eigenvalue weighted by molar-refractivity contribution is -0.157. The van der Waals surface area contributed by atoms with Crippen LogP contribution in [0.4, 0.5) is 4.79 Å². The lowest BCUT2D eigenvalue weighted by Gasteiger charge is -2.46. The largest absolute Gasteiger partial charge is 0.497 e. The zero-order valence-electron chi connectivity index (χ0n) is 26.7. The molecule has 47 heavy (non-hydrogen) atoms. The van der Waals surface area contributed by atoms with Crippen LogP contribution in [-0.4, -0.2) is 83.7 Å². The van der Waals surface area contributed by atoms with Crippen LogP contribution in [0.5, 0.6) is 11.5 Å². The molecule has 0 radical (unpaired) electrons. The van der Waals surface area contributed by atoms with Gasteiger partial charge in [-0.25, -0.2) is 4.79 Å². The summed E-state index contributed by atoms with van der Waals surface area (Å²) in [5.74, 6) is 1.11. The fraction of sp³-hybridized carbons (Fsp3) is 0.270. The van der Waals surface area contributed by atoms with Crippen LogP contribution < -0.4 is 14.8 Å². The van der Waals surface area contributed by atoms with Gasteiger partial charge in [0.2, 0.25) is 11.8 Å². The quantitative estimate of drug-likeness (QED) is 0.243. The van der Waals surface area contributed by atoms with Crippen molar-refractivity contribution >= 4 is 28.6 Å². The van der Waals surface area contributed by atoms with Crippen LogP contribution in [-0.2, 0) is 29.1 Å². The van der Waals surface area contributed by atoms with Gasteiger partial charge in [-0.2, -0.15) is 5.01 Å². The second kappa shape index (κ2) is 14.0. The highest BCUT2D eigenvalue weighted by Gasteiger charge is 2.52. The predicted molar refractivity (Wildman–Crippen MR) is 179 cm³/mol. The van der Waals surface area contributed by atoms with E-state index >= 15 is 0 Å². The molecule has 4 amide bonds. The minimum atomic E-state index is -0.748. The first-order valence-electron chi connectivity index (χ1n) is 15.7. The van der Waals surface area contributed by atoms with Gasteiger partial charge in [-0.3, -0.25) is 14.6 Å². The van der Waals surface area contributed by atoms with Crippen molar-refractivity contribution in [3.63, 3.8) is 0 Å². The molecule has 4 aromatic rings. The van der Waals surface area contributed by atoms with Crippen LogP contribution in [0.3, 0.4) is 0 Å². The number of carbonyl (C=O) groups is 3. The van der Waals surface area contributed by atoms with E-state index in [0.29, 0.717) is 25.3 Å². The Balaban J connectivity index is 1.30. The number of hydrogen-bond acceptors (Lipinski definition) is 6. The lowest BCUT2D eigenvalue weighted by Crippen LogP contribution is -2.66. The minimum Gasteiger partial charge on any atom is -0.497 e. The van der Waals surface area contributed by atoms with E-state index in [1.807, 2.05) is 77.7 Å². The second-order valence-corrected chi connectivity index (χ2v) is 11.7. The van der Waals surface area contributed by atoms with Crippen molar-refractivity contribution < 1.29 is 23.9 Å². The van der Waals surface area contributed by atoms with Gasteiger partial charge in [-0.1, -0.05) is 72.8 Å². The van der Waals surface area contributed by atoms with Gasteiger partial charge in [0.1, 0.15) is 23.7 Å². The summed E-state index contributed by atoms with van der Waals surface area (Å²) in [7, 11) is 3.21. The smallest absolute Gasteiger partial charge is 0.332 e. The minimum absolute atomic E-state index is 0.0387. The SMILES string of the molecule is C=CCN(C(=O)NCc1ccc(OC)cc1)N1CC(=O)N2[C@@H](Cc3ccc(OC)cc3)C(=O)N(Cc3cccc4ccccc34)C[C@@H]21. The Bertz CT molecular complexity index is 1750. The fourth-order valence-corrected chi connectivity index (χ4v) is 6.45. The van der Waals surface area contributed by atoms with Crippen LogP contribution in [0.25, 0.3) is 10.8 Å². The summed E-state index contributed by atoms with van der Waals surface area (Å²) in [6.45, 7) is 4.93. The maximum Gasteiger partial charge on any atom is 0.332 e. The molecule has 242 valence electrons. The number of rotatable bonds is 11. The van der Waals surface area contributed by atoms with Crippen LogP contribution >= 0.6 is 0 Å². The van der Waals surface area contributed by atoms with Crippen molar-refractivity contribution in [3.8, 4) is 11.5 Å². The number of hydrazine groups is 1. The van der Waals surface area contributed by atoms with Crippen molar-refractivity contribution in [1.29, 1.82) is 0 Å². The third-order valence-corrected chi connectivity index (χ3v) is 8.85. The molecule has 0 spiro atoms. The summed E-state index contributed by atoms with van der Waals surface area (Å²) in [6.07, 6.45) is 1.41. The number of nitrogens with one attached hydrogen (secondary N) is 1. The topological polar surface area (TPSA) is 94.7 Å². The normalized spacial score (nSPS) is 17.8. The van der Waals surface area contributed by atoms with E-state index in [2.05, 4.69) is 30.1 Å². The molecule has 0 saturated carbocycles. The summed E-state index contributed by atoms with van der Waals surface area (Å²) in [5.41, 5.74) is 2.83. The molecular weight excluding hydrogens is 594 g/mol. The van der Waals surface area contributed by atoms with E-state index in [0.717, 1.165) is 33.2 Å². The number of hydrogen-bond donors (Lipinski definition) is 1. The monoisotopic (exact) mass is 633 g/mol. The highest BCUT2D eigenvalue weighted by atomic mass is 16.5. The van der Waals surface area contributed by atoms with Gasteiger partial charge in [0.25, 0.3) is 0 Å². The maximum atomic E-state index is 14.3. The molecule has 2 saturated heterocycles. The fourth-order valence-electron chi connectivity index (χ4n) is 6.45. The number of methoxy groups -OCH3 is 2. The third kappa shape index (κ3) is 6.64. The Morgan fingerprint density at radius 3 is 2.26 bits per heavy atom. The van der Waals surface area contributed by atoms with Crippen LogP contribution in [0.1, 0.15) is 16.7 Å². The maximum absolute atomic E-state index is 14.3. The first kappa shape index (κ1) is 31.6. The van der Waals surface area contributed by atoms with Gasteiger partial charge in [-0.15, -0.1) is 6.58 Å². The van der Waals surface area contributed by atoms with Gasteiger partial charge in [0.15, 0.2) is 0 Å². The Labute approximate surface area is 274 Å². The summed E-state index contributed by atoms with van der Waals surface area (Å²) in [6, 6.07) is 28.1. The van der Waals surface area contributed by atoms with Crippen molar-refractivity contribution in [2.45, 2.75) is 31.7 Å². The van der Waals surface area contributed by atoms with Crippen molar-refractivity contribution in [1.82, 2.24) is 25.1 Å². The van der Waals surface area contributed by atoms with Crippen molar-refractivity contribution in [2.75, 3.05) is 33.9 Å². The Morgan fingerprint density at radius 1 is 0.915 bits per heavy atom. The van der Waals surface area contributed by atoms with Gasteiger partial charge in [0, 0.05) is 19.5 Å². The molecule has 4 aromatic carbocycles. The summed E-state index contributed by atoms with van der Waals surface area (Å²) >= 11 is 0. The molecule has 2 aliphatic heterocycles. The first-order valence-corrected chi connectivity index (χ1v) is 15.7. The second-order valence-electron chi connectivity index (χ2n) is 11.7. The highest BCUT2D eigenvalue weighted by Crippen LogP contribution is 2.31. The van der Waals surface area contributed by atoms with E-state index in [1.54, 1.807) is 30.2 Å². The molecule has 2 aliphatic rings. The number of piperazine rings is 1. The number of nitrogens with zero attached hydrogens (tertiary/aromatic N) is 4. The van der Waals surface area contributed by atoms with E-state index in [9.17, 15) is 14.4 Å². The standard InChI is InChI=1S/C37H39N5O5/c1-4-20-40(37(45)38-22-27-14-18-31(47-3)19-15-27)41-25-35(43)42-33(21-26-12-16-30(46-2)17-13-26)36(44)39(24-34(41)42)23-29-10-7-9-28-8-5-6-11-32(28)29/h4-19,33-34H,1,20-25H2,2-3H3,(H,38,45)/t33-,34+/m0/s1. The van der Waals surface area contributed by atoms with Gasteiger partial charge in [-0.05, 0) is 51.7 Å². The van der Waals surface area contributed by atoms with E-state index in [1.165, 1.54) is 5.01 Å².